The SMILES string of the molecule is C1CCCC1.[C-]#[N+]C(C)(COC(=O)C1CCCC1)CC(=O)c1ccc(S(C)=O)cc1.[CH3-].[CH3-].[Fe+2]. The third kappa shape index (κ3) is 11.5. The fraction of sp³-hybridized carbons (Fsp3) is 0.577. The molecule has 0 N–H and O–H groups in total. The Balaban J connectivity index is 0. The second-order valence-electron chi connectivity index (χ2n) is 8.54. The van der Waals surface area contributed by atoms with Crippen molar-refractivity contribution < 1.29 is 35.6 Å². The van der Waals surface area contributed by atoms with Crippen molar-refractivity contribution >= 4 is 22.6 Å². The molecule has 3 rings (SSSR count). The van der Waals surface area contributed by atoms with Crippen molar-refractivity contribution in [3.8, 4) is 0 Å². The average molecular weight is 518 g/mol. The van der Waals surface area contributed by atoms with E-state index in [1.807, 2.05) is 0 Å². The van der Waals surface area contributed by atoms with Gasteiger partial charge >= 0.3 is 23.0 Å². The molecule has 0 aliphatic heterocycles. The number of Topliss-reactive ketones (excluding diaryl/α,β-unsaturated/α-hetero) is 1. The first-order chi connectivity index (χ1) is 14.3. The molecule has 0 aromatic heterocycles. The van der Waals surface area contributed by atoms with Gasteiger partial charge in [-0.3, -0.25) is 13.8 Å². The summed E-state index contributed by atoms with van der Waals surface area (Å²) in [7, 11) is -1.10. The van der Waals surface area contributed by atoms with E-state index in [2.05, 4.69) is 4.85 Å². The van der Waals surface area contributed by atoms with Gasteiger partial charge in [0.25, 0.3) is 5.54 Å². The largest absolute Gasteiger partial charge is 2.00 e. The number of benzene rings is 1. The van der Waals surface area contributed by atoms with E-state index >= 15 is 0 Å². The topological polar surface area (TPSA) is 64.8 Å². The van der Waals surface area contributed by atoms with Gasteiger partial charge < -0.3 is 24.4 Å². The summed E-state index contributed by atoms with van der Waals surface area (Å²) in [6, 6.07) is 6.54. The molecule has 0 amide bonds. The van der Waals surface area contributed by atoms with Crippen molar-refractivity contribution in [2.75, 3.05) is 12.9 Å². The van der Waals surface area contributed by atoms with Crippen LogP contribution in [0.15, 0.2) is 29.2 Å². The molecule has 0 heterocycles. The Hall–Kier alpha value is -1.48. The fourth-order valence-electron chi connectivity index (χ4n) is 3.79. The Labute approximate surface area is 214 Å². The molecule has 5 nitrogen and oxygen atoms in total. The maximum Gasteiger partial charge on any atom is 2.00 e. The Kier molecular flexibility index (Phi) is 17.4. The van der Waals surface area contributed by atoms with Gasteiger partial charge in [0.2, 0.25) is 0 Å². The minimum Gasteiger partial charge on any atom is -0.457 e. The van der Waals surface area contributed by atoms with Gasteiger partial charge in [-0.15, -0.1) is 0 Å². The molecule has 2 unspecified atom stereocenters. The Morgan fingerprint density at radius 1 is 1.03 bits per heavy atom. The maximum absolute atomic E-state index is 12.4. The van der Waals surface area contributed by atoms with Crippen LogP contribution in [-0.4, -0.2) is 34.4 Å². The summed E-state index contributed by atoms with van der Waals surface area (Å²) in [5.74, 6) is -0.508. The van der Waals surface area contributed by atoms with Gasteiger partial charge in [0.15, 0.2) is 12.4 Å². The summed E-state index contributed by atoms with van der Waals surface area (Å²) in [5, 5.41) is 0. The average Bonchev–Trinajstić information content (AvgIpc) is 3.49. The summed E-state index contributed by atoms with van der Waals surface area (Å²) in [6.07, 6.45) is 12.8. The van der Waals surface area contributed by atoms with Gasteiger partial charge in [-0.25, -0.2) is 6.57 Å². The molecule has 33 heavy (non-hydrogen) atoms. The predicted octanol–water partition coefficient (Wildman–Crippen LogP) is 6.26. The predicted molar refractivity (Wildman–Crippen MR) is 132 cm³/mol. The quantitative estimate of drug-likeness (QED) is 0.185. The number of esters is 1. The summed E-state index contributed by atoms with van der Waals surface area (Å²) >= 11 is 0. The van der Waals surface area contributed by atoms with Crippen LogP contribution in [0.1, 0.15) is 81.5 Å². The van der Waals surface area contributed by atoms with Gasteiger partial charge in [0.1, 0.15) is 0 Å². The molecule has 1 aromatic rings. The van der Waals surface area contributed by atoms with Crippen molar-refractivity contribution in [3.63, 3.8) is 0 Å². The molecule has 2 aliphatic carbocycles. The van der Waals surface area contributed by atoms with E-state index < -0.39 is 16.3 Å². The molecule has 2 aliphatic rings. The molecule has 0 saturated heterocycles. The van der Waals surface area contributed by atoms with E-state index in [1.165, 1.54) is 32.1 Å². The number of carbonyl (C=O) groups is 2. The van der Waals surface area contributed by atoms with Gasteiger partial charge in [0, 0.05) is 34.4 Å². The van der Waals surface area contributed by atoms with Gasteiger partial charge in [-0.2, -0.15) is 0 Å². The molecule has 0 spiro atoms. The molecule has 186 valence electrons. The molecule has 0 bridgehead atoms. The number of hydrogen-bond acceptors (Lipinski definition) is 4. The minimum absolute atomic E-state index is 0. The molecular weight excluding hydrogens is 478 g/mol. The molecule has 2 fully saturated rings. The second kappa shape index (κ2) is 17.0. The maximum atomic E-state index is 12.4. The Bertz CT molecular complexity index is 773. The molecule has 1 aromatic carbocycles. The van der Waals surface area contributed by atoms with Crippen LogP contribution in [0.25, 0.3) is 4.85 Å². The summed E-state index contributed by atoms with van der Waals surface area (Å²) in [5.41, 5.74) is -0.608. The van der Waals surface area contributed by atoms with Crippen molar-refractivity contribution in [2.45, 2.75) is 81.6 Å². The van der Waals surface area contributed by atoms with Crippen LogP contribution in [-0.2, 0) is 37.4 Å². The van der Waals surface area contributed by atoms with Crippen LogP contribution in [0.4, 0.5) is 0 Å². The van der Waals surface area contributed by atoms with E-state index in [1.54, 1.807) is 37.4 Å². The smallest absolute Gasteiger partial charge is 0.457 e. The monoisotopic (exact) mass is 517 g/mol. The van der Waals surface area contributed by atoms with E-state index in [4.69, 9.17) is 11.3 Å². The second-order valence-corrected chi connectivity index (χ2v) is 9.92. The standard InChI is InChI=1S/C19H23NO4S.C5H10.2CH3.Fe/c1-19(20-2,13-24-18(22)15-6-4-5-7-15)12-17(21)14-8-10-16(11-9-14)25(3)23;1-2-4-5-3-1;;;/h8-11,15H,4-7,12-13H2,1,3H3;1-5H2;2*1H3;/q;;2*-1;+2. The van der Waals surface area contributed by atoms with Gasteiger partial charge in [-0.1, -0.05) is 57.1 Å². The minimum atomic E-state index is -1.10. The first-order valence-corrected chi connectivity index (χ1v) is 12.4. The van der Waals surface area contributed by atoms with E-state index in [-0.39, 0.29) is 62.6 Å². The Morgan fingerprint density at radius 3 is 1.94 bits per heavy atom. The number of nitrogens with zero attached hydrogens (tertiary/aromatic N) is 1. The van der Waals surface area contributed by atoms with Crippen molar-refractivity contribution in [3.05, 3.63) is 56.1 Å². The number of ether oxygens (including phenoxy) is 1. The van der Waals surface area contributed by atoms with Crippen LogP contribution < -0.4 is 0 Å². The number of hydrogen-bond donors (Lipinski definition) is 0. The van der Waals surface area contributed by atoms with Crippen LogP contribution in [0, 0.1) is 27.3 Å². The van der Waals surface area contributed by atoms with Crippen molar-refractivity contribution in [2.24, 2.45) is 5.92 Å². The molecular formula is C26H39FeNO4S. The third-order valence-electron chi connectivity index (χ3n) is 5.78. The van der Waals surface area contributed by atoms with Gasteiger partial charge in [-0.05, 0) is 25.0 Å². The first-order valence-electron chi connectivity index (χ1n) is 10.9. The number of rotatable bonds is 7. The summed E-state index contributed by atoms with van der Waals surface area (Å²) in [6.45, 7) is 8.96. The van der Waals surface area contributed by atoms with Gasteiger partial charge in [0.05, 0.1) is 12.3 Å². The molecule has 2 atom stereocenters. The normalized spacial score (nSPS) is 17.4. The number of carbonyl (C=O) groups excluding carboxylic acids is 2. The zero-order valence-electron chi connectivity index (χ0n) is 20.5. The third-order valence-corrected chi connectivity index (χ3v) is 6.72. The zero-order valence-corrected chi connectivity index (χ0v) is 22.4. The van der Waals surface area contributed by atoms with Crippen molar-refractivity contribution in [1.82, 2.24) is 0 Å². The van der Waals surface area contributed by atoms with Crippen LogP contribution in [0.2, 0.25) is 0 Å². The fourth-order valence-corrected chi connectivity index (χ4v) is 4.31. The summed E-state index contributed by atoms with van der Waals surface area (Å²) < 4.78 is 16.7. The molecule has 7 heteroatoms. The van der Waals surface area contributed by atoms with E-state index in [9.17, 15) is 13.8 Å². The number of ketones is 1. The Morgan fingerprint density at radius 2 is 1.52 bits per heavy atom. The van der Waals surface area contributed by atoms with E-state index in [0.717, 1.165) is 25.7 Å². The molecule has 0 radical (unpaired) electrons. The molecule has 2 saturated carbocycles. The van der Waals surface area contributed by atoms with Crippen LogP contribution in [0.3, 0.4) is 0 Å². The summed E-state index contributed by atoms with van der Waals surface area (Å²) in [4.78, 5) is 28.6. The zero-order chi connectivity index (χ0) is 22.0. The van der Waals surface area contributed by atoms with Crippen molar-refractivity contribution in [1.29, 1.82) is 0 Å². The van der Waals surface area contributed by atoms with Crippen LogP contribution >= 0.6 is 0 Å². The van der Waals surface area contributed by atoms with E-state index in [0.29, 0.717) is 10.5 Å². The van der Waals surface area contributed by atoms with Crippen LogP contribution in [0.5, 0.6) is 0 Å². The first kappa shape index (κ1) is 33.7.